The number of fused-ring (bicyclic) bond motifs is 1. The number of aromatic nitrogens is 1. The lowest BCUT2D eigenvalue weighted by molar-refractivity contribution is 0.0947. The fourth-order valence-electron chi connectivity index (χ4n) is 4.37. The molecule has 10 heteroatoms. The zero-order chi connectivity index (χ0) is 25.5. The number of hydrogen-bond acceptors (Lipinski definition) is 7. The Bertz CT molecular complexity index is 1210. The normalized spacial score (nSPS) is 15.0. The van der Waals surface area contributed by atoms with E-state index in [1.165, 1.54) is 21.1 Å². The number of piperazine rings is 1. The summed E-state index contributed by atoms with van der Waals surface area (Å²) >= 11 is 1.73. The molecule has 8 nitrogen and oxygen atoms in total. The van der Waals surface area contributed by atoms with Gasteiger partial charge in [0.2, 0.25) is 10.0 Å². The van der Waals surface area contributed by atoms with E-state index in [-0.39, 0.29) is 10.8 Å². The van der Waals surface area contributed by atoms with Gasteiger partial charge in [0.15, 0.2) is 5.13 Å². The van der Waals surface area contributed by atoms with Crippen LogP contribution in [0.1, 0.15) is 37.0 Å². The van der Waals surface area contributed by atoms with E-state index in [4.69, 9.17) is 4.98 Å². The van der Waals surface area contributed by atoms with Crippen LogP contribution >= 0.6 is 11.3 Å². The Kier molecular flexibility index (Phi) is 8.95. The number of anilines is 1. The number of benzene rings is 2. The molecule has 0 radical (unpaired) electrons. The Morgan fingerprint density at radius 1 is 1.00 bits per heavy atom. The van der Waals surface area contributed by atoms with Crippen molar-refractivity contribution in [2.75, 3.05) is 57.3 Å². The van der Waals surface area contributed by atoms with Crippen molar-refractivity contribution < 1.29 is 13.2 Å². The number of amides is 1. The molecule has 36 heavy (non-hydrogen) atoms. The third-order valence-electron chi connectivity index (χ3n) is 6.34. The molecular weight excluding hydrogens is 494 g/mol. The second-order valence-corrected chi connectivity index (χ2v) is 11.9. The average molecular weight is 530 g/mol. The molecule has 2 heterocycles. The Morgan fingerprint density at radius 3 is 2.31 bits per heavy atom. The van der Waals surface area contributed by atoms with E-state index in [9.17, 15) is 13.2 Å². The Morgan fingerprint density at radius 2 is 1.67 bits per heavy atom. The predicted molar refractivity (Wildman–Crippen MR) is 146 cm³/mol. The number of carbonyl (C=O) groups excluding carboxylic acids is 1. The molecule has 0 unspecified atom stereocenters. The highest BCUT2D eigenvalue weighted by Crippen LogP contribution is 2.29. The fraction of sp³-hybridized carbons (Fsp3) is 0.462. The summed E-state index contributed by atoms with van der Waals surface area (Å²) < 4.78 is 28.5. The van der Waals surface area contributed by atoms with E-state index < -0.39 is 10.0 Å². The minimum atomic E-state index is -3.54. The van der Waals surface area contributed by atoms with Crippen LogP contribution in [0.25, 0.3) is 10.2 Å². The standard InChI is InChI=1S/C26H35N5O3S2/c1-3-14-31(15-4-2)36(33,34)22-11-9-21(10-12-22)25(32)27-13-16-29-17-19-30(20-18-29)26-28-23-7-5-6-8-24(23)35-26/h5-12H,3-4,13-20H2,1-2H3,(H,27,32). The first-order valence-electron chi connectivity index (χ1n) is 12.6. The van der Waals surface area contributed by atoms with Crippen molar-refractivity contribution in [3.05, 3.63) is 54.1 Å². The quantitative estimate of drug-likeness (QED) is 0.408. The monoisotopic (exact) mass is 529 g/mol. The molecule has 1 amide bonds. The van der Waals surface area contributed by atoms with E-state index in [2.05, 4.69) is 21.2 Å². The number of nitrogens with zero attached hydrogens (tertiary/aromatic N) is 4. The maximum atomic E-state index is 12.9. The molecule has 2 aromatic carbocycles. The molecule has 0 aliphatic carbocycles. The SMILES string of the molecule is CCCN(CCC)S(=O)(=O)c1ccc(C(=O)NCCN2CCN(c3nc4ccccc4s3)CC2)cc1. The van der Waals surface area contributed by atoms with Gasteiger partial charge in [-0.15, -0.1) is 0 Å². The second kappa shape index (κ2) is 12.1. The molecule has 0 spiro atoms. The highest BCUT2D eigenvalue weighted by atomic mass is 32.2. The van der Waals surface area contributed by atoms with E-state index in [1.54, 1.807) is 23.5 Å². The minimum absolute atomic E-state index is 0.189. The smallest absolute Gasteiger partial charge is 0.251 e. The fourth-order valence-corrected chi connectivity index (χ4v) is 7.01. The van der Waals surface area contributed by atoms with Gasteiger partial charge >= 0.3 is 0 Å². The zero-order valence-corrected chi connectivity index (χ0v) is 22.7. The van der Waals surface area contributed by atoms with Gasteiger partial charge in [-0.3, -0.25) is 9.69 Å². The third kappa shape index (κ3) is 6.23. The topological polar surface area (TPSA) is 85.8 Å². The van der Waals surface area contributed by atoms with E-state index in [0.29, 0.717) is 25.2 Å². The molecule has 1 aliphatic heterocycles. The summed E-state index contributed by atoms with van der Waals surface area (Å²) in [5.74, 6) is -0.189. The molecule has 0 atom stereocenters. The van der Waals surface area contributed by atoms with Crippen molar-refractivity contribution >= 4 is 42.6 Å². The van der Waals surface area contributed by atoms with Gasteiger partial charge in [0.25, 0.3) is 5.91 Å². The molecule has 4 rings (SSSR count). The van der Waals surface area contributed by atoms with Crippen molar-refractivity contribution in [2.45, 2.75) is 31.6 Å². The van der Waals surface area contributed by atoms with E-state index in [0.717, 1.165) is 56.2 Å². The lowest BCUT2D eigenvalue weighted by Crippen LogP contribution is -2.48. The lowest BCUT2D eigenvalue weighted by Gasteiger charge is -2.34. The van der Waals surface area contributed by atoms with Gasteiger partial charge in [-0.25, -0.2) is 13.4 Å². The van der Waals surface area contributed by atoms with Crippen LogP contribution in [0.5, 0.6) is 0 Å². The van der Waals surface area contributed by atoms with Gasteiger partial charge in [0.05, 0.1) is 15.1 Å². The number of thiazole rings is 1. The molecule has 0 saturated carbocycles. The molecule has 0 bridgehead atoms. The maximum absolute atomic E-state index is 12.9. The van der Waals surface area contributed by atoms with Crippen LogP contribution < -0.4 is 10.2 Å². The van der Waals surface area contributed by atoms with Gasteiger partial charge < -0.3 is 10.2 Å². The van der Waals surface area contributed by atoms with Crippen molar-refractivity contribution in [1.29, 1.82) is 0 Å². The van der Waals surface area contributed by atoms with Crippen molar-refractivity contribution in [1.82, 2.24) is 19.5 Å². The summed E-state index contributed by atoms with van der Waals surface area (Å²) in [5, 5.41) is 4.04. The van der Waals surface area contributed by atoms with Crippen molar-refractivity contribution in [3.8, 4) is 0 Å². The maximum Gasteiger partial charge on any atom is 0.251 e. The highest BCUT2D eigenvalue weighted by Gasteiger charge is 2.23. The number of para-hydroxylation sites is 1. The molecule has 1 N–H and O–H groups in total. The summed E-state index contributed by atoms with van der Waals surface area (Å²) in [5.41, 5.74) is 1.51. The van der Waals surface area contributed by atoms with Crippen LogP contribution in [0, 0.1) is 0 Å². The number of carbonyl (C=O) groups is 1. The molecule has 194 valence electrons. The van der Waals surface area contributed by atoms with Crippen LogP contribution in [-0.2, 0) is 10.0 Å². The van der Waals surface area contributed by atoms with Gasteiger partial charge in [-0.1, -0.05) is 37.3 Å². The summed E-state index contributed by atoms with van der Waals surface area (Å²) in [4.78, 5) is 22.3. The first kappa shape index (κ1) is 26.5. The highest BCUT2D eigenvalue weighted by molar-refractivity contribution is 7.89. The summed E-state index contributed by atoms with van der Waals surface area (Å²) in [6.45, 7) is 9.90. The molecule has 1 fully saturated rings. The number of sulfonamides is 1. The molecule has 1 aromatic heterocycles. The molecule has 3 aromatic rings. The van der Waals surface area contributed by atoms with Crippen LogP contribution in [0.15, 0.2) is 53.4 Å². The number of hydrogen-bond donors (Lipinski definition) is 1. The summed E-state index contributed by atoms with van der Waals surface area (Å²) in [6.07, 6.45) is 1.52. The Balaban J connectivity index is 1.24. The molecule has 1 saturated heterocycles. The van der Waals surface area contributed by atoms with Crippen molar-refractivity contribution in [2.24, 2.45) is 0 Å². The van der Waals surface area contributed by atoms with Crippen LogP contribution in [0.3, 0.4) is 0 Å². The van der Waals surface area contributed by atoms with Gasteiger partial charge in [-0.2, -0.15) is 4.31 Å². The zero-order valence-electron chi connectivity index (χ0n) is 21.0. The average Bonchev–Trinajstić information content (AvgIpc) is 3.33. The Hall–Kier alpha value is -2.53. The number of nitrogens with one attached hydrogen (secondary N) is 1. The van der Waals surface area contributed by atoms with Gasteiger partial charge in [-0.05, 0) is 49.2 Å². The molecular formula is C26H35N5O3S2. The summed E-state index contributed by atoms with van der Waals surface area (Å²) in [6, 6.07) is 14.5. The summed E-state index contributed by atoms with van der Waals surface area (Å²) in [7, 11) is -3.54. The van der Waals surface area contributed by atoms with Crippen LogP contribution in [0.2, 0.25) is 0 Å². The largest absolute Gasteiger partial charge is 0.351 e. The van der Waals surface area contributed by atoms with Gasteiger partial charge in [0, 0.05) is 57.9 Å². The van der Waals surface area contributed by atoms with Crippen LogP contribution in [-0.4, -0.2) is 80.9 Å². The second-order valence-electron chi connectivity index (χ2n) is 8.98. The first-order valence-corrected chi connectivity index (χ1v) is 14.9. The third-order valence-corrected chi connectivity index (χ3v) is 9.35. The van der Waals surface area contributed by atoms with Crippen molar-refractivity contribution in [3.63, 3.8) is 0 Å². The lowest BCUT2D eigenvalue weighted by atomic mass is 10.2. The van der Waals surface area contributed by atoms with E-state index in [1.807, 2.05) is 32.0 Å². The van der Waals surface area contributed by atoms with Crippen LogP contribution in [0.4, 0.5) is 5.13 Å². The van der Waals surface area contributed by atoms with Gasteiger partial charge in [0.1, 0.15) is 0 Å². The Labute approximate surface area is 218 Å². The first-order chi connectivity index (χ1) is 17.4. The number of rotatable bonds is 11. The predicted octanol–water partition coefficient (Wildman–Crippen LogP) is 3.66. The van der Waals surface area contributed by atoms with E-state index >= 15 is 0 Å². The molecule has 1 aliphatic rings. The minimum Gasteiger partial charge on any atom is -0.351 e.